The highest BCUT2D eigenvalue weighted by Crippen LogP contribution is 2.52. The Hall–Kier alpha value is -2.13. The van der Waals surface area contributed by atoms with E-state index < -0.39 is 0 Å². The Kier molecular flexibility index (Phi) is 3.89. The lowest BCUT2D eigenvalue weighted by molar-refractivity contribution is 0.0969. The Labute approximate surface area is 143 Å². The highest BCUT2D eigenvalue weighted by Gasteiger charge is 2.54. The molecule has 2 aromatic carbocycles. The zero-order valence-corrected chi connectivity index (χ0v) is 14.2. The van der Waals surface area contributed by atoms with E-state index in [-0.39, 0.29) is 24.2 Å². The molecule has 2 aliphatic rings. The second kappa shape index (κ2) is 6.06. The summed E-state index contributed by atoms with van der Waals surface area (Å²) in [6, 6.07) is 16.2. The van der Waals surface area contributed by atoms with Gasteiger partial charge in [-0.25, -0.2) is 0 Å². The summed E-state index contributed by atoms with van der Waals surface area (Å²) in [7, 11) is 0. The summed E-state index contributed by atoms with van der Waals surface area (Å²) < 4.78 is 5.96. The summed E-state index contributed by atoms with van der Waals surface area (Å²) in [6.07, 6.45) is 3.55. The van der Waals surface area contributed by atoms with Gasteiger partial charge in [0.1, 0.15) is 12.2 Å². The third-order valence-corrected chi connectivity index (χ3v) is 5.11. The molecule has 4 rings (SSSR count). The van der Waals surface area contributed by atoms with Crippen LogP contribution in [-0.2, 0) is 4.74 Å². The summed E-state index contributed by atoms with van der Waals surface area (Å²) in [5.41, 5.74) is 4.08. The number of rotatable bonds is 4. The standard InChI is InChI=1S/C21H23NO2/c1-3-4-8-18-20-19(24-20)16-7-5-6-9-17(16)22(18)21(23)15-12-10-14(2)11-13-15/h5-7,9-13,18-20H,3-4,8H2,1-2H3/t18-,19+,20-/m0/s1. The number of nitrogens with zero attached hydrogens (tertiary/aromatic N) is 1. The van der Waals surface area contributed by atoms with E-state index in [0.717, 1.165) is 36.1 Å². The van der Waals surface area contributed by atoms with Gasteiger partial charge in [0, 0.05) is 11.1 Å². The smallest absolute Gasteiger partial charge is 0.258 e. The lowest BCUT2D eigenvalue weighted by Gasteiger charge is -2.35. The van der Waals surface area contributed by atoms with Crippen molar-refractivity contribution in [3.05, 3.63) is 65.2 Å². The molecule has 0 aliphatic carbocycles. The van der Waals surface area contributed by atoms with Crippen LogP contribution in [0.5, 0.6) is 0 Å². The average molecular weight is 321 g/mol. The molecule has 0 aromatic heterocycles. The Morgan fingerprint density at radius 3 is 2.62 bits per heavy atom. The molecular formula is C21H23NO2. The average Bonchev–Trinajstić information content (AvgIpc) is 3.40. The van der Waals surface area contributed by atoms with E-state index in [9.17, 15) is 4.79 Å². The summed E-state index contributed by atoms with van der Waals surface area (Å²) in [6.45, 7) is 4.23. The minimum atomic E-state index is 0.0810. The van der Waals surface area contributed by atoms with Crippen molar-refractivity contribution in [3.63, 3.8) is 0 Å². The van der Waals surface area contributed by atoms with Crippen LogP contribution in [0.3, 0.4) is 0 Å². The van der Waals surface area contributed by atoms with Gasteiger partial charge in [0.2, 0.25) is 0 Å². The largest absolute Gasteiger partial charge is 0.362 e. The number of para-hydroxylation sites is 1. The maximum Gasteiger partial charge on any atom is 0.258 e. The fourth-order valence-corrected chi connectivity index (χ4v) is 3.74. The van der Waals surface area contributed by atoms with Crippen LogP contribution in [0.2, 0.25) is 0 Å². The second-order valence-corrected chi connectivity index (χ2v) is 6.83. The third kappa shape index (κ3) is 2.53. The number of unbranched alkanes of at least 4 members (excludes halogenated alkanes) is 1. The van der Waals surface area contributed by atoms with E-state index in [4.69, 9.17) is 4.74 Å². The van der Waals surface area contributed by atoms with Crippen molar-refractivity contribution < 1.29 is 9.53 Å². The predicted octanol–water partition coefficient (Wildman–Crippen LogP) is 4.65. The first-order valence-corrected chi connectivity index (χ1v) is 8.85. The number of carbonyl (C=O) groups excluding carboxylic acids is 1. The topological polar surface area (TPSA) is 32.8 Å². The molecule has 0 bridgehead atoms. The second-order valence-electron chi connectivity index (χ2n) is 6.83. The van der Waals surface area contributed by atoms with Crippen molar-refractivity contribution in [1.82, 2.24) is 0 Å². The van der Waals surface area contributed by atoms with E-state index in [0.29, 0.717) is 0 Å². The molecule has 0 spiro atoms. The highest BCUT2D eigenvalue weighted by atomic mass is 16.6. The molecule has 3 heteroatoms. The number of anilines is 1. The molecule has 24 heavy (non-hydrogen) atoms. The van der Waals surface area contributed by atoms with E-state index in [1.54, 1.807) is 0 Å². The van der Waals surface area contributed by atoms with Gasteiger partial charge in [-0.15, -0.1) is 0 Å². The number of epoxide rings is 1. The third-order valence-electron chi connectivity index (χ3n) is 5.11. The number of amides is 1. The minimum Gasteiger partial charge on any atom is -0.362 e. The first-order chi connectivity index (χ1) is 11.7. The number of hydrogen-bond acceptors (Lipinski definition) is 2. The summed E-state index contributed by atoms with van der Waals surface area (Å²) in [4.78, 5) is 15.3. The normalized spacial score (nSPS) is 24.2. The maximum absolute atomic E-state index is 13.3. The molecule has 2 aliphatic heterocycles. The molecule has 0 N–H and O–H groups in total. The summed E-state index contributed by atoms with van der Waals surface area (Å²) in [5, 5.41) is 0. The zero-order valence-electron chi connectivity index (χ0n) is 14.2. The first-order valence-electron chi connectivity index (χ1n) is 8.85. The molecule has 3 nitrogen and oxygen atoms in total. The van der Waals surface area contributed by atoms with Crippen molar-refractivity contribution in [3.8, 4) is 0 Å². The van der Waals surface area contributed by atoms with Crippen molar-refractivity contribution in [2.45, 2.75) is 51.4 Å². The van der Waals surface area contributed by atoms with E-state index in [1.807, 2.05) is 48.2 Å². The van der Waals surface area contributed by atoms with Gasteiger partial charge in [0.05, 0.1) is 11.7 Å². The summed E-state index contributed by atoms with van der Waals surface area (Å²) in [5.74, 6) is 0.0810. The van der Waals surface area contributed by atoms with Gasteiger partial charge < -0.3 is 9.64 Å². The number of fused-ring (bicyclic) bond motifs is 3. The van der Waals surface area contributed by atoms with Crippen LogP contribution in [-0.4, -0.2) is 18.1 Å². The van der Waals surface area contributed by atoms with Crippen LogP contribution in [0.25, 0.3) is 0 Å². The lowest BCUT2D eigenvalue weighted by atomic mass is 9.92. The van der Waals surface area contributed by atoms with Crippen LogP contribution >= 0.6 is 0 Å². The predicted molar refractivity (Wildman–Crippen MR) is 95.4 cm³/mol. The van der Waals surface area contributed by atoms with Gasteiger partial charge in [-0.1, -0.05) is 55.7 Å². The molecule has 1 amide bonds. The Bertz CT molecular complexity index is 753. The van der Waals surface area contributed by atoms with Crippen molar-refractivity contribution in [2.24, 2.45) is 0 Å². The van der Waals surface area contributed by atoms with Gasteiger partial charge in [0.25, 0.3) is 5.91 Å². The summed E-state index contributed by atoms with van der Waals surface area (Å²) >= 11 is 0. The maximum atomic E-state index is 13.3. The number of benzene rings is 2. The molecular weight excluding hydrogens is 298 g/mol. The van der Waals surface area contributed by atoms with Gasteiger partial charge >= 0.3 is 0 Å². The number of aryl methyl sites for hydroxylation is 1. The molecule has 2 heterocycles. The molecule has 0 unspecified atom stereocenters. The van der Waals surface area contributed by atoms with Crippen LogP contribution in [0.4, 0.5) is 5.69 Å². The van der Waals surface area contributed by atoms with Crippen LogP contribution in [0.15, 0.2) is 48.5 Å². The fraction of sp³-hybridized carbons (Fsp3) is 0.381. The number of ether oxygens (including phenoxy) is 1. The quantitative estimate of drug-likeness (QED) is 0.768. The molecule has 0 saturated carbocycles. The first kappa shape index (κ1) is 15.4. The minimum absolute atomic E-state index is 0.0810. The SMILES string of the molecule is CCCC[C@H]1[C@@H]2O[C@@H]2c2ccccc2N1C(=O)c1ccc(C)cc1. The van der Waals surface area contributed by atoms with E-state index >= 15 is 0 Å². The van der Waals surface area contributed by atoms with Gasteiger partial charge in [-0.3, -0.25) is 4.79 Å². The van der Waals surface area contributed by atoms with E-state index in [2.05, 4.69) is 19.1 Å². The van der Waals surface area contributed by atoms with Crippen molar-refractivity contribution in [1.29, 1.82) is 0 Å². The zero-order chi connectivity index (χ0) is 16.7. The Morgan fingerprint density at radius 1 is 1.12 bits per heavy atom. The molecule has 1 fully saturated rings. The van der Waals surface area contributed by atoms with E-state index in [1.165, 1.54) is 5.56 Å². The Morgan fingerprint density at radius 2 is 1.88 bits per heavy atom. The molecule has 124 valence electrons. The fourth-order valence-electron chi connectivity index (χ4n) is 3.74. The molecule has 1 saturated heterocycles. The molecule has 2 aromatic rings. The highest BCUT2D eigenvalue weighted by molar-refractivity contribution is 6.07. The number of hydrogen-bond donors (Lipinski definition) is 0. The lowest BCUT2D eigenvalue weighted by Crippen LogP contribution is -2.46. The van der Waals surface area contributed by atoms with Crippen molar-refractivity contribution in [2.75, 3.05) is 4.90 Å². The Balaban J connectivity index is 1.74. The molecule has 0 radical (unpaired) electrons. The van der Waals surface area contributed by atoms with Crippen LogP contribution < -0.4 is 4.90 Å². The monoisotopic (exact) mass is 321 g/mol. The molecule has 3 atom stereocenters. The number of carbonyl (C=O) groups is 1. The van der Waals surface area contributed by atoms with Gasteiger partial charge in [0.15, 0.2) is 0 Å². The van der Waals surface area contributed by atoms with Crippen LogP contribution in [0.1, 0.15) is 53.8 Å². The van der Waals surface area contributed by atoms with Crippen molar-refractivity contribution >= 4 is 11.6 Å². The van der Waals surface area contributed by atoms with Gasteiger partial charge in [-0.05, 0) is 31.5 Å². The van der Waals surface area contributed by atoms with Crippen LogP contribution in [0, 0.1) is 6.92 Å². The van der Waals surface area contributed by atoms with Gasteiger partial charge in [-0.2, -0.15) is 0 Å².